The third-order valence-electron chi connectivity index (χ3n) is 6.52. The molecule has 3 aromatic rings. The summed E-state index contributed by atoms with van der Waals surface area (Å²) in [7, 11) is 0. The topological polar surface area (TPSA) is 41.6 Å². The summed E-state index contributed by atoms with van der Waals surface area (Å²) in [6.45, 7) is 0.656. The lowest BCUT2D eigenvalue weighted by Crippen LogP contribution is -2.49. The minimum Gasteiger partial charge on any atom is -0.492 e. The van der Waals surface area contributed by atoms with E-state index in [2.05, 4.69) is 11.4 Å². The van der Waals surface area contributed by atoms with Crippen LogP contribution in [0.3, 0.4) is 0 Å². The van der Waals surface area contributed by atoms with E-state index in [0.29, 0.717) is 30.9 Å². The van der Waals surface area contributed by atoms with Gasteiger partial charge in [0.05, 0.1) is 12.6 Å². The quantitative estimate of drug-likeness (QED) is 0.456. The molecule has 2 amide bonds. The molecular formula is C28H26F2N2O2. The van der Waals surface area contributed by atoms with Gasteiger partial charge in [0.2, 0.25) is 0 Å². The van der Waals surface area contributed by atoms with Crippen molar-refractivity contribution in [3.8, 4) is 16.9 Å². The van der Waals surface area contributed by atoms with E-state index in [1.165, 1.54) is 12.1 Å². The number of urea groups is 1. The summed E-state index contributed by atoms with van der Waals surface area (Å²) in [4.78, 5) is 14.7. The highest BCUT2D eigenvalue weighted by atomic mass is 19.1. The van der Waals surface area contributed by atoms with Crippen molar-refractivity contribution in [3.05, 3.63) is 96.1 Å². The molecule has 5 rings (SSSR count). The molecule has 1 saturated heterocycles. The number of carbonyl (C=O) groups is 1. The smallest absolute Gasteiger partial charge is 0.318 e. The molecular weight excluding hydrogens is 434 g/mol. The maximum Gasteiger partial charge on any atom is 0.318 e. The Morgan fingerprint density at radius 1 is 0.971 bits per heavy atom. The molecule has 0 radical (unpaired) electrons. The fraction of sp³-hybridized carbons (Fsp3) is 0.250. The Hall–Kier alpha value is -3.67. The number of ether oxygens (including phenoxy) is 1. The van der Waals surface area contributed by atoms with Crippen LogP contribution in [0.4, 0.5) is 13.6 Å². The highest BCUT2D eigenvalue weighted by molar-refractivity contribution is 5.79. The highest BCUT2D eigenvalue weighted by Crippen LogP contribution is 2.39. The first kappa shape index (κ1) is 22.1. The van der Waals surface area contributed by atoms with Crippen molar-refractivity contribution in [1.29, 1.82) is 0 Å². The molecule has 0 saturated carbocycles. The molecule has 2 heterocycles. The Bertz CT molecular complexity index is 1190. The van der Waals surface area contributed by atoms with Crippen LogP contribution in [0.25, 0.3) is 16.7 Å². The average molecular weight is 461 g/mol. The Labute approximate surface area is 197 Å². The van der Waals surface area contributed by atoms with E-state index >= 15 is 0 Å². The van der Waals surface area contributed by atoms with E-state index in [1.807, 2.05) is 47.4 Å². The molecule has 2 unspecified atom stereocenters. The van der Waals surface area contributed by atoms with Crippen molar-refractivity contribution in [3.63, 3.8) is 0 Å². The zero-order chi connectivity index (χ0) is 23.5. The molecule has 6 heteroatoms. The number of benzene rings is 3. The second-order valence-electron chi connectivity index (χ2n) is 8.70. The number of amides is 2. The minimum absolute atomic E-state index is 0.00336. The molecule has 1 fully saturated rings. The van der Waals surface area contributed by atoms with Crippen LogP contribution in [-0.4, -0.2) is 36.2 Å². The number of hydrogen-bond donors (Lipinski definition) is 1. The van der Waals surface area contributed by atoms with Crippen LogP contribution >= 0.6 is 0 Å². The molecule has 2 aliphatic heterocycles. The van der Waals surface area contributed by atoms with Gasteiger partial charge in [0, 0.05) is 11.6 Å². The number of nitrogens with zero attached hydrogens (tertiary/aromatic N) is 1. The lowest BCUT2D eigenvalue weighted by molar-refractivity contribution is 0.177. The van der Waals surface area contributed by atoms with E-state index in [0.717, 1.165) is 29.5 Å². The van der Waals surface area contributed by atoms with Crippen LogP contribution in [0.2, 0.25) is 0 Å². The Balaban J connectivity index is 1.21. The van der Waals surface area contributed by atoms with Crippen LogP contribution < -0.4 is 10.1 Å². The molecule has 0 aliphatic carbocycles. The second kappa shape index (κ2) is 9.67. The number of carbonyl (C=O) groups excluding carboxylic acids is 1. The summed E-state index contributed by atoms with van der Waals surface area (Å²) < 4.78 is 33.4. The number of halogens is 2. The number of hydrogen-bond acceptors (Lipinski definition) is 2. The van der Waals surface area contributed by atoms with Crippen LogP contribution in [0.1, 0.15) is 24.8 Å². The largest absolute Gasteiger partial charge is 0.492 e. The van der Waals surface area contributed by atoms with Gasteiger partial charge in [-0.2, -0.15) is 0 Å². The van der Waals surface area contributed by atoms with E-state index in [4.69, 9.17) is 4.74 Å². The normalized spacial score (nSPS) is 19.0. The maximum atomic E-state index is 14.9. The predicted molar refractivity (Wildman–Crippen MR) is 128 cm³/mol. The first-order valence-electron chi connectivity index (χ1n) is 11.6. The maximum absolute atomic E-state index is 14.9. The predicted octanol–water partition coefficient (Wildman–Crippen LogP) is 6.04. The summed E-state index contributed by atoms with van der Waals surface area (Å²) in [5.74, 6) is 0.00795. The minimum atomic E-state index is -0.316. The van der Waals surface area contributed by atoms with Crippen LogP contribution in [0.15, 0.2) is 78.9 Å². The zero-order valence-electron chi connectivity index (χ0n) is 18.7. The molecule has 174 valence electrons. The number of rotatable bonds is 6. The molecule has 3 aromatic carbocycles. The fourth-order valence-electron chi connectivity index (χ4n) is 4.88. The lowest BCUT2D eigenvalue weighted by Gasteiger charge is -2.34. The van der Waals surface area contributed by atoms with Crippen molar-refractivity contribution in [2.24, 2.45) is 0 Å². The summed E-state index contributed by atoms with van der Waals surface area (Å²) >= 11 is 0. The van der Waals surface area contributed by atoms with Gasteiger partial charge in [-0.15, -0.1) is 0 Å². The van der Waals surface area contributed by atoms with E-state index in [9.17, 15) is 13.6 Å². The fourth-order valence-corrected chi connectivity index (χ4v) is 4.88. The molecule has 0 aromatic heterocycles. The van der Waals surface area contributed by atoms with Crippen LogP contribution in [0, 0.1) is 11.6 Å². The first-order valence-corrected chi connectivity index (χ1v) is 11.6. The second-order valence-corrected chi connectivity index (χ2v) is 8.70. The lowest BCUT2D eigenvalue weighted by atomic mass is 9.93. The SMILES string of the molecule is O=C(NCCOc1ccc(F)cc1)N1C2C=C(c3ccc(-c4ccccc4)c(F)c3)CC1CC2. The van der Waals surface area contributed by atoms with Crippen molar-refractivity contribution >= 4 is 11.6 Å². The molecule has 1 N–H and O–H groups in total. The van der Waals surface area contributed by atoms with Gasteiger partial charge in [-0.1, -0.05) is 48.5 Å². The van der Waals surface area contributed by atoms with Crippen molar-refractivity contribution < 1.29 is 18.3 Å². The van der Waals surface area contributed by atoms with Crippen LogP contribution in [0.5, 0.6) is 5.75 Å². The standard InChI is InChI=1S/C28H26F2N2O2/c29-22-7-11-25(12-8-22)34-15-14-31-28(33)32-23-9-10-24(32)17-21(16-23)20-6-13-26(27(30)18-20)19-4-2-1-3-5-19/h1-8,11-13,16,18,23-24H,9-10,14-15,17H2,(H,31,33). The monoisotopic (exact) mass is 460 g/mol. The Morgan fingerprint density at radius 3 is 2.50 bits per heavy atom. The molecule has 2 aliphatic rings. The molecule has 2 bridgehead atoms. The number of fused-ring (bicyclic) bond motifs is 2. The molecule has 2 atom stereocenters. The van der Waals surface area contributed by atoms with Gasteiger partial charge >= 0.3 is 6.03 Å². The van der Waals surface area contributed by atoms with Crippen LogP contribution in [-0.2, 0) is 0 Å². The van der Waals surface area contributed by atoms with Gasteiger partial charge in [0.15, 0.2) is 0 Å². The summed E-state index contributed by atoms with van der Waals surface area (Å²) in [5.41, 5.74) is 3.42. The van der Waals surface area contributed by atoms with E-state index in [-0.39, 0.29) is 29.7 Å². The Morgan fingerprint density at radius 2 is 1.76 bits per heavy atom. The first-order chi connectivity index (χ1) is 16.6. The van der Waals surface area contributed by atoms with Gasteiger partial charge in [-0.25, -0.2) is 13.6 Å². The van der Waals surface area contributed by atoms with Gasteiger partial charge in [0.25, 0.3) is 0 Å². The average Bonchev–Trinajstić information content (AvgIpc) is 3.12. The molecule has 4 nitrogen and oxygen atoms in total. The third kappa shape index (κ3) is 4.67. The summed E-state index contributed by atoms with van der Waals surface area (Å²) in [6.07, 6.45) is 4.64. The summed E-state index contributed by atoms with van der Waals surface area (Å²) in [6, 6.07) is 20.7. The highest BCUT2D eigenvalue weighted by Gasteiger charge is 2.39. The summed E-state index contributed by atoms with van der Waals surface area (Å²) in [5, 5.41) is 2.92. The van der Waals surface area contributed by atoms with E-state index in [1.54, 1.807) is 18.2 Å². The molecule has 34 heavy (non-hydrogen) atoms. The van der Waals surface area contributed by atoms with Crippen molar-refractivity contribution in [1.82, 2.24) is 10.2 Å². The van der Waals surface area contributed by atoms with Gasteiger partial charge in [-0.05, 0) is 66.3 Å². The van der Waals surface area contributed by atoms with Gasteiger partial charge in [-0.3, -0.25) is 0 Å². The van der Waals surface area contributed by atoms with Crippen molar-refractivity contribution in [2.45, 2.75) is 31.3 Å². The van der Waals surface area contributed by atoms with Gasteiger partial charge < -0.3 is 15.0 Å². The Kier molecular flexibility index (Phi) is 6.30. The third-order valence-corrected chi connectivity index (χ3v) is 6.52. The van der Waals surface area contributed by atoms with Crippen molar-refractivity contribution in [2.75, 3.05) is 13.2 Å². The van der Waals surface area contributed by atoms with E-state index < -0.39 is 0 Å². The molecule has 0 spiro atoms. The van der Waals surface area contributed by atoms with Gasteiger partial charge in [0.1, 0.15) is 24.0 Å². The zero-order valence-corrected chi connectivity index (χ0v) is 18.7. The number of nitrogens with one attached hydrogen (secondary N) is 1.